The van der Waals surface area contributed by atoms with Crippen molar-refractivity contribution in [3.63, 3.8) is 0 Å². The Labute approximate surface area is 100 Å². The van der Waals surface area contributed by atoms with Crippen molar-refractivity contribution in [1.29, 1.82) is 0 Å². The van der Waals surface area contributed by atoms with Crippen LogP contribution in [-0.4, -0.2) is 11.0 Å². The lowest BCUT2D eigenvalue weighted by atomic mass is 9.80. The lowest BCUT2D eigenvalue weighted by Gasteiger charge is -2.31. The van der Waals surface area contributed by atoms with Gasteiger partial charge < -0.3 is 15.5 Å². The number of aromatic nitrogens is 1. The number of fused-ring (bicyclic) bond motifs is 1. The Morgan fingerprint density at radius 2 is 2.29 bits per heavy atom. The molecular weight excluding hydrogens is 214 g/mol. The molecule has 1 heterocycles. The van der Waals surface area contributed by atoms with Crippen LogP contribution in [0.4, 0.5) is 11.7 Å². The molecule has 3 rings (SSSR count). The van der Waals surface area contributed by atoms with Gasteiger partial charge in [0.25, 0.3) is 6.01 Å². The normalized spacial score (nSPS) is 17.9. The number of benzene rings is 1. The van der Waals surface area contributed by atoms with Crippen LogP contribution in [0.25, 0.3) is 11.1 Å². The molecule has 1 unspecified atom stereocenters. The molecule has 3 N–H and O–H groups in total. The first-order valence-corrected chi connectivity index (χ1v) is 6.15. The van der Waals surface area contributed by atoms with Crippen LogP contribution < -0.4 is 11.1 Å². The highest BCUT2D eigenvalue weighted by Gasteiger charge is 2.24. The van der Waals surface area contributed by atoms with Gasteiger partial charge in [0.05, 0.1) is 0 Å². The maximum absolute atomic E-state index is 5.71. The van der Waals surface area contributed by atoms with E-state index in [1.807, 2.05) is 18.2 Å². The van der Waals surface area contributed by atoms with E-state index < -0.39 is 0 Å². The number of hydrogen-bond acceptors (Lipinski definition) is 4. The molecule has 0 bridgehead atoms. The average Bonchev–Trinajstić information content (AvgIpc) is 2.55. The number of rotatable bonds is 3. The van der Waals surface area contributed by atoms with Gasteiger partial charge in [-0.15, -0.1) is 0 Å². The van der Waals surface area contributed by atoms with Gasteiger partial charge in [-0.05, 0) is 37.8 Å². The zero-order valence-corrected chi connectivity index (χ0v) is 9.94. The molecule has 90 valence electrons. The maximum atomic E-state index is 5.71. The molecule has 1 aromatic heterocycles. The molecule has 1 aliphatic rings. The second-order valence-corrected chi connectivity index (χ2v) is 4.87. The van der Waals surface area contributed by atoms with Gasteiger partial charge in [-0.3, -0.25) is 0 Å². The van der Waals surface area contributed by atoms with E-state index in [-0.39, 0.29) is 0 Å². The molecule has 0 aliphatic heterocycles. The molecule has 0 saturated heterocycles. The predicted molar refractivity (Wildman–Crippen MR) is 68.8 cm³/mol. The Morgan fingerprint density at radius 3 is 3.00 bits per heavy atom. The lowest BCUT2D eigenvalue weighted by molar-refractivity contribution is 0.282. The summed E-state index contributed by atoms with van der Waals surface area (Å²) < 4.78 is 5.64. The largest absolute Gasteiger partial charge is 0.423 e. The van der Waals surface area contributed by atoms with Crippen LogP contribution in [0.2, 0.25) is 0 Å². The van der Waals surface area contributed by atoms with Crippen molar-refractivity contribution in [2.75, 3.05) is 11.1 Å². The summed E-state index contributed by atoms with van der Waals surface area (Å²) in [7, 11) is 0. The summed E-state index contributed by atoms with van der Waals surface area (Å²) in [6.45, 7) is 2.19. The van der Waals surface area contributed by atoms with Gasteiger partial charge in [-0.25, -0.2) is 0 Å². The Hall–Kier alpha value is -1.71. The zero-order chi connectivity index (χ0) is 11.8. The number of nitrogens with two attached hydrogens (primary N) is 1. The van der Waals surface area contributed by atoms with Gasteiger partial charge in [0.2, 0.25) is 0 Å². The van der Waals surface area contributed by atoms with E-state index in [0.29, 0.717) is 17.7 Å². The highest BCUT2D eigenvalue weighted by molar-refractivity contribution is 5.78. The van der Waals surface area contributed by atoms with Crippen LogP contribution in [0.5, 0.6) is 0 Å². The second kappa shape index (κ2) is 3.95. The fraction of sp³-hybridized carbons (Fsp3) is 0.462. The predicted octanol–water partition coefficient (Wildman–Crippen LogP) is 3.01. The summed E-state index contributed by atoms with van der Waals surface area (Å²) in [6.07, 6.45) is 3.96. The Bertz CT molecular complexity index is 530. The van der Waals surface area contributed by atoms with E-state index in [2.05, 4.69) is 17.2 Å². The molecule has 1 saturated carbocycles. The smallest absolute Gasteiger partial charge is 0.295 e. The van der Waals surface area contributed by atoms with Gasteiger partial charge >= 0.3 is 0 Å². The van der Waals surface area contributed by atoms with Crippen molar-refractivity contribution in [1.82, 2.24) is 4.98 Å². The van der Waals surface area contributed by atoms with Gasteiger partial charge in [0.1, 0.15) is 5.52 Å². The van der Waals surface area contributed by atoms with E-state index >= 15 is 0 Å². The first-order valence-electron chi connectivity index (χ1n) is 6.15. The molecule has 2 aromatic rings. The summed E-state index contributed by atoms with van der Waals surface area (Å²) >= 11 is 0. The van der Waals surface area contributed by atoms with Gasteiger partial charge in [0.15, 0.2) is 5.58 Å². The SMILES string of the molecule is CC(Nc1nc2ccc(N)cc2o1)C1CCC1. The quantitative estimate of drug-likeness (QED) is 0.797. The lowest BCUT2D eigenvalue weighted by Crippen LogP contribution is -2.30. The van der Waals surface area contributed by atoms with Gasteiger partial charge in [-0.1, -0.05) is 6.42 Å². The van der Waals surface area contributed by atoms with Crippen molar-refractivity contribution in [3.8, 4) is 0 Å². The average molecular weight is 231 g/mol. The third-order valence-electron chi connectivity index (χ3n) is 3.62. The fourth-order valence-electron chi connectivity index (χ4n) is 2.26. The Morgan fingerprint density at radius 1 is 1.47 bits per heavy atom. The summed E-state index contributed by atoms with van der Waals surface area (Å²) in [5.41, 5.74) is 8.00. The first-order chi connectivity index (χ1) is 8.22. The third-order valence-corrected chi connectivity index (χ3v) is 3.62. The number of nitrogen functional groups attached to an aromatic ring is 1. The molecule has 4 nitrogen and oxygen atoms in total. The molecule has 17 heavy (non-hydrogen) atoms. The number of oxazole rings is 1. The minimum absolute atomic E-state index is 0.425. The molecule has 1 aromatic carbocycles. The highest BCUT2D eigenvalue weighted by atomic mass is 16.4. The standard InChI is InChI=1S/C13H17N3O/c1-8(9-3-2-4-9)15-13-16-11-6-5-10(14)7-12(11)17-13/h5-9H,2-4,14H2,1H3,(H,15,16). The summed E-state index contributed by atoms with van der Waals surface area (Å²) in [5.74, 6) is 0.759. The molecule has 0 amide bonds. The molecule has 1 aliphatic carbocycles. The summed E-state index contributed by atoms with van der Waals surface area (Å²) in [4.78, 5) is 4.40. The topological polar surface area (TPSA) is 64.1 Å². The second-order valence-electron chi connectivity index (χ2n) is 4.87. The highest BCUT2D eigenvalue weighted by Crippen LogP contribution is 2.31. The van der Waals surface area contributed by atoms with Crippen LogP contribution in [0.15, 0.2) is 22.6 Å². The van der Waals surface area contributed by atoms with Crippen LogP contribution in [0, 0.1) is 5.92 Å². The van der Waals surface area contributed by atoms with E-state index in [4.69, 9.17) is 10.2 Å². The number of hydrogen-bond donors (Lipinski definition) is 2. The zero-order valence-electron chi connectivity index (χ0n) is 9.94. The molecular formula is C13H17N3O. The van der Waals surface area contributed by atoms with Crippen molar-refractivity contribution in [3.05, 3.63) is 18.2 Å². The molecule has 1 fully saturated rings. The summed E-state index contributed by atoms with van der Waals surface area (Å²) in [6, 6.07) is 6.55. The molecule has 1 atom stereocenters. The van der Waals surface area contributed by atoms with E-state index in [9.17, 15) is 0 Å². The molecule has 0 spiro atoms. The maximum Gasteiger partial charge on any atom is 0.295 e. The van der Waals surface area contributed by atoms with Crippen molar-refractivity contribution in [2.45, 2.75) is 32.2 Å². The minimum atomic E-state index is 0.425. The minimum Gasteiger partial charge on any atom is -0.423 e. The van der Waals surface area contributed by atoms with Crippen LogP contribution in [0.1, 0.15) is 26.2 Å². The van der Waals surface area contributed by atoms with Crippen molar-refractivity contribution in [2.24, 2.45) is 5.92 Å². The van der Waals surface area contributed by atoms with E-state index in [1.54, 1.807) is 0 Å². The fourth-order valence-corrected chi connectivity index (χ4v) is 2.26. The van der Waals surface area contributed by atoms with Crippen LogP contribution in [0.3, 0.4) is 0 Å². The van der Waals surface area contributed by atoms with Gasteiger partial charge in [-0.2, -0.15) is 4.98 Å². The van der Waals surface area contributed by atoms with Gasteiger partial charge in [0, 0.05) is 17.8 Å². The summed E-state index contributed by atoms with van der Waals surface area (Å²) in [5, 5.41) is 3.33. The monoisotopic (exact) mass is 231 g/mol. The number of nitrogens with zero attached hydrogens (tertiary/aromatic N) is 1. The van der Waals surface area contributed by atoms with Crippen LogP contribution in [-0.2, 0) is 0 Å². The first kappa shape index (κ1) is 10.4. The Balaban J connectivity index is 1.80. The van der Waals surface area contributed by atoms with E-state index in [0.717, 1.165) is 17.0 Å². The van der Waals surface area contributed by atoms with Crippen molar-refractivity contribution >= 4 is 22.8 Å². The van der Waals surface area contributed by atoms with Crippen LogP contribution >= 0.6 is 0 Å². The third kappa shape index (κ3) is 1.95. The van der Waals surface area contributed by atoms with E-state index in [1.165, 1.54) is 19.3 Å². The number of anilines is 2. The molecule has 0 radical (unpaired) electrons. The number of nitrogens with one attached hydrogen (secondary N) is 1. The Kier molecular flexibility index (Phi) is 2.42. The van der Waals surface area contributed by atoms with Crippen molar-refractivity contribution < 1.29 is 4.42 Å². The molecule has 4 heteroatoms.